The zero-order valence-electron chi connectivity index (χ0n) is 8.69. The van der Waals surface area contributed by atoms with E-state index in [2.05, 4.69) is 13.5 Å². The molecular weight excluding hydrogens is 163 g/mol. The van der Waals surface area contributed by atoms with E-state index in [-0.39, 0.29) is 0 Å². The first-order valence-corrected chi connectivity index (χ1v) is 5.50. The Hall–Kier alpha value is -0.330. The molecule has 1 aliphatic carbocycles. The van der Waals surface area contributed by atoms with Crippen LogP contribution in [0.4, 0.5) is 4.39 Å². The molecule has 0 saturated heterocycles. The molecule has 0 aromatic carbocycles. The van der Waals surface area contributed by atoms with Gasteiger partial charge in [-0.1, -0.05) is 32.3 Å². The van der Waals surface area contributed by atoms with Crippen molar-refractivity contribution in [1.82, 2.24) is 0 Å². The van der Waals surface area contributed by atoms with Crippen molar-refractivity contribution in [3.63, 3.8) is 0 Å². The molecule has 0 nitrogen and oxygen atoms in total. The summed E-state index contributed by atoms with van der Waals surface area (Å²) in [6, 6.07) is 0. The summed E-state index contributed by atoms with van der Waals surface area (Å²) in [5, 5.41) is 0. The van der Waals surface area contributed by atoms with E-state index in [0.717, 1.165) is 25.7 Å². The van der Waals surface area contributed by atoms with Gasteiger partial charge in [-0.2, -0.15) is 0 Å². The summed E-state index contributed by atoms with van der Waals surface area (Å²) in [5.41, 5.74) is -0.885. The van der Waals surface area contributed by atoms with Crippen LogP contribution in [-0.4, -0.2) is 5.67 Å². The standard InChI is InChI=1S/C12H21F/c1-3-5-9-12(13,8-4-2)10-11-6-7-11/h3,11H,1,4-10H2,2H3. The second kappa shape index (κ2) is 4.78. The Morgan fingerprint density at radius 3 is 2.62 bits per heavy atom. The largest absolute Gasteiger partial charge is 0.244 e. The van der Waals surface area contributed by atoms with E-state index in [4.69, 9.17) is 0 Å². The van der Waals surface area contributed by atoms with Crippen molar-refractivity contribution in [2.75, 3.05) is 0 Å². The Kier molecular flexibility index (Phi) is 3.95. The van der Waals surface area contributed by atoms with Crippen molar-refractivity contribution in [2.45, 2.75) is 57.5 Å². The Morgan fingerprint density at radius 1 is 1.46 bits per heavy atom. The van der Waals surface area contributed by atoms with Crippen LogP contribution in [0.25, 0.3) is 0 Å². The van der Waals surface area contributed by atoms with Crippen molar-refractivity contribution in [3.05, 3.63) is 12.7 Å². The van der Waals surface area contributed by atoms with Crippen molar-refractivity contribution >= 4 is 0 Å². The van der Waals surface area contributed by atoms with Gasteiger partial charge in [0.2, 0.25) is 0 Å². The number of halogens is 1. The van der Waals surface area contributed by atoms with Gasteiger partial charge in [0.1, 0.15) is 5.67 Å². The monoisotopic (exact) mass is 184 g/mol. The fraction of sp³-hybridized carbons (Fsp3) is 0.833. The quantitative estimate of drug-likeness (QED) is 0.518. The Morgan fingerprint density at radius 2 is 2.15 bits per heavy atom. The van der Waals surface area contributed by atoms with Crippen LogP contribution in [-0.2, 0) is 0 Å². The minimum absolute atomic E-state index is 0.681. The van der Waals surface area contributed by atoms with E-state index in [1.54, 1.807) is 0 Å². The van der Waals surface area contributed by atoms with Gasteiger partial charge in [-0.3, -0.25) is 0 Å². The smallest absolute Gasteiger partial charge is 0.111 e. The molecule has 0 bridgehead atoms. The molecule has 0 N–H and O–H groups in total. The van der Waals surface area contributed by atoms with Gasteiger partial charge in [-0.25, -0.2) is 4.39 Å². The molecule has 0 spiro atoms. The van der Waals surface area contributed by atoms with Gasteiger partial charge < -0.3 is 0 Å². The highest BCUT2D eigenvalue weighted by atomic mass is 19.1. The fourth-order valence-electron chi connectivity index (χ4n) is 1.98. The van der Waals surface area contributed by atoms with Gasteiger partial charge in [0, 0.05) is 0 Å². The summed E-state index contributed by atoms with van der Waals surface area (Å²) in [7, 11) is 0. The lowest BCUT2D eigenvalue weighted by atomic mass is 9.89. The molecule has 13 heavy (non-hydrogen) atoms. The second-order valence-electron chi connectivity index (χ2n) is 4.38. The lowest BCUT2D eigenvalue weighted by molar-refractivity contribution is 0.116. The van der Waals surface area contributed by atoms with Crippen LogP contribution in [0.1, 0.15) is 51.9 Å². The highest BCUT2D eigenvalue weighted by Gasteiger charge is 2.35. The number of alkyl halides is 1. The zero-order valence-corrected chi connectivity index (χ0v) is 8.69. The van der Waals surface area contributed by atoms with Gasteiger partial charge in [0.05, 0.1) is 0 Å². The molecule has 1 fully saturated rings. The predicted octanol–water partition coefficient (Wildman–Crippen LogP) is 4.26. The number of allylic oxidation sites excluding steroid dienone is 1. The average molecular weight is 184 g/mol. The molecule has 0 aromatic rings. The number of hydrogen-bond donors (Lipinski definition) is 0. The SMILES string of the molecule is C=CCCC(F)(CCC)CC1CC1. The second-order valence-corrected chi connectivity index (χ2v) is 4.38. The van der Waals surface area contributed by atoms with Crippen molar-refractivity contribution in [1.29, 1.82) is 0 Å². The summed E-state index contributed by atoms with van der Waals surface area (Å²) < 4.78 is 14.2. The van der Waals surface area contributed by atoms with Gasteiger partial charge in [0.25, 0.3) is 0 Å². The molecule has 0 aliphatic heterocycles. The lowest BCUT2D eigenvalue weighted by Crippen LogP contribution is -2.23. The van der Waals surface area contributed by atoms with Gasteiger partial charge in [0.15, 0.2) is 0 Å². The fourth-order valence-corrected chi connectivity index (χ4v) is 1.98. The van der Waals surface area contributed by atoms with E-state index in [0.29, 0.717) is 12.3 Å². The molecule has 76 valence electrons. The lowest BCUT2D eigenvalue weighted by Gasteiger charge is -2.24. The summed E-state index contributed by atoms with van der Waals surface area (Å²) in [5.74, 6) is 0.696. The first kappa shape index (κ1) is 10.7. The zero-order chi connectivity index (χ0) is 9.73. The van der Waals surface area contributed by atoms with Crippen LogP contribution in [0.3, 0.4) is 0 Å². The molecule has 0 radical (unpaired) electrons. The third-order valence-corrected chi connectivity index (χ3v) is 2.85. The summed E-state index contributed by atoms with van der Waals surface area (Å²) in [6.07, 6.45) is 8.33. The Labute approximate surface area is 81.2 Å². The number of hydrogen-bond acceptors (Lipinski definition) is 0. The first-order chi connectivity index (χ1) is 6.20. The molecule has 1 saturated carbocycles. The molecule has 0 heterocycles. The molecular formula is C12H21F. The van der Waals surface area contributed by atoms with Crippen LogP contribution in [0.2, 0.25) is 0 Å². The van der Waals surface area contributed by atoms with Crippen LogP contribution in [0.15, 0.2) is 12.7 Å². The van der Waals surface area contributed by atoms with E-state index in [1.807, 2.05) is 6.08 Å². The summed E-state index contributed by atoms with van der Waals surface area (Å²) in [4.78, 5) is 0. The normalized spacial score (nSPS) is 21.1. The minimum atomic E-state index is -0.885. The van der Waals surface area contributed by atoms with E-state index < -0.39 is 5.67 Å². The first-order valence-electron chi connectivity index (χ1n) is 5.50. The molecule has 1 atom stereocenters. The molecule has 1 unspecified atom stereocenters. The molecule has 0 aromatic heterocycles. The maximum Gasteiger partial charge on any atom is 0.111 e. The van der Waals surface area contributed by atoms with Crippen LogP contribution in [0.5, 0.6) is 0 Å². The highest BCUT2D eigenvalue weighted by molar-refractivity contribution is 4.88. The van der Waals surface area contributed by atoms with E-state index in [9.17, 15) is 4.39 Å². The topological polar surface area (TPSA) is 0 Å². The van der Waals surface area contributed by atoms with E-state index in [1.165, 1.54) is 12.8 Å². The maximum atomic E-state index is 14.2. The van der Waals surface area contributed by atoms with Crippen molar-refractivity contribution < 1.29 is 4.39 Å². The molecule has 1 heteroatoms. The van der Waals surface area contributed by atoms with Gasteiger partial charge in [-0.05, 0) is 31.6 Å². The van der Waals surface area contributed by atoms with Crippen LogP contribution >= 0.6 is 0 Å². The van der Waals surface area contributed by atoms with Crippen LogP contribution < -0.4 is 0 Å². The third kappa shape index (κ3) is 3.93. The van der Waals surface area contributed by atoms with E-state index >= 15 is 0 Å². The van der Waals surface area contributed by atoms with Crippen molar-refractivity contribution in [2.24, 2.45) is 5.92 Å². The van der Waals surface area contributed by atoms with Crippen molar-refractivity contribution in [3.8, 4) is 0 Å². The average Bonchev–Trinajstić information content (AvgIpc) is 2.85. The van der Waals surface area contributed by atoms with Gasteiger partial charge >= 0.3 is 0 Å². The third-order valence-electron chi connectivity index (χ3n) is 2.85. The summed E-state index contributed by atoms with van der Waals surface area (Å²) >= 11 is 0. The molecule has 1 rings (SSSR count). The van der Waals surface area contributed by atoms with Crippen LogP contribution in [0, 0.1) is 5.92 Å². The van der Waals surface area contributed by atoms with Gasteiger partial charge in [-0.15, -0.1) is 6.58 Å². The Balaban J connectivity index is 2.34. The highest BCUT2D eigenvalue weighted by Crippen LogP contribution is 2.42. The molecule has 1 aliphatic rings. The maximum absolute atomic E-state index is 14.2. The minimum Gasteiger partial charge on any atom is -0.244 e. The molecule has 0 amide bonds. The Bertz CT molecular complexity index is 161. The number of rotatable bonds is 7. The predicted molar refractivity (Wildman–Crippen MR) is 55.5 cm³/mol. The summed E-state index contributed by atoms with van der Waals surface area (Å²) in [6.45, 7) is 5.72.